The molecule has 84 valence electrons. The highest BCUT2D eigenvalue weighted by molar-refractivity contribution is 5.96. The minimum atomic E-state index is 0.378. The van der Waals surface area contributed by atoms with E-state index in [0.29, 0.717) is 17.0 Å². The number of rotatable bonds is 1. The summed E-state index contributed by atoms with van der Waals surface area (Å²) in [6.45, 7) is 0.815. The van der Waals surface area contributed by atoms with E-state index in [0.717, 1.165) is 31.5 Å². The van der Waals surface area contributed by atoms with Gasteiger partial charge in [0.25, 0.3) is 0 Å². The van der Waals surface area contributed by atoms with Crippen molar-refractivity contribution in [3.63, 3.8) is 0 Å². The van der Waals surface area contributed by atoms with Gasteiger partial charge in [-0.05, 0) is 31.0 Å². The zero-order valence-electron chi connectivity index (χ0n) is 9.40. The summed E-state index contributed by atoms with van der Waals surface area (Å²) in [4.78, 5) is 1.91. The quantitative estimate of drug-likeness (QED) is 0.795. The molecule has 0 amide bonds. The van der Waals surface area contributed by atoms with Gasteiger partial charge in [-0.2, -0.15) is 10.5 Å². The minimum absolute atomic E-state index is 0.378. The molecule has 4 nitrogen and oxygen atoms in total. The number of anilines is 1. The number of hydrogen-bond acceptors (Lipinski definition) is 3. The summed E-state index contributed by atoms with van der Waals surface area (Å²) >= 11 is 0. The third-order valence-electron chi connectivity index (χ3n) is 2.93. The smallest absolute Gasteiger partial charge is 0.101 e. The molecular weight excluding hydrogens is 212 g/mol. The van der Waals surface area contributed by atoms with Crippen molar-refractivity contribution >= 4 is 11.5 Å². The highest BCUT2D eigenvalue weighted by Gasteiger charge is 2.17. The van der Waals surface area contributed by atoms with Crippen molar-refractivity contribution in [2.75, 3.05) is 11.4 Å². The van der Waals surface area contributed by atoms with Crippen LogP contribution >= 0.6 is 0 Å². The zero-order valence-corrected chi connectivity index (χ0v) is 9.40. The first-order chi connectivity index (χ1) is 8.26. The van der Waals surface area contributed by atoms with E-state index in [1.54, 1.807) is 18.2 Å². The number of hydrogen-bond donors (Lipinski definition) is 1. The van der Waals surface area contributed by atoms with Crippen LogP contribution in [0.25, 0.3) is 0 Å². The standard InChI is InChI=1S/C13H12N4/c14-8-10-4-5-12(7-11(10)9-15)17-6-2-1-3-13(17)16/h4-5,7,16H,1-3,6H2. The second-order valence-electron chi connectivity index (χ2n) is 4.01. The van der Waals surface area contributed by atoms with Crippen LogP contribution in [0.1, 0.15) is 30.4 Å². The lowest BCUT2D eigenvalue weighted by atomic mass is 10.1. The van der Waals surface area contributed by atoms with Crippen molar-refractivity contribution in [3.05, 3.63) is 29.3 Å². The Hall–Kier alpha value is -2.33. The van der Waals surface area contributed by atoms with Crippen LogP contribution < -0.4 is 4.90 Å². The normalized spacial score (nSPS) is 15.2. The molecule has 1 aliphatic heterocycles. The third kappa shape index (κ3) is 2.11. The van der Waals surface area contributed by atoms with Gasteiger partial charge in [0.2, 0.25) is 0 Å². The molecule has 1 aromatic rings. The van der Waals surface area contributed by atoms with Gasteiger partial charge in [-0.3, -0.25) is 5.41 Å². The largest absolute Gasteiger partial charge is 0.330 e. The van der Waals surface area contributed by atoms with Gasteiger partial charge in [-0.25, -0.2) is 0 Å². The summed E-state index contributed by atoms with van der Waals surface area (Å²) in [7, 11) is 0. The highest BCUT2D eigenvalue weighted by Crippen LogP contribution is 2.23. The van der Waals surface area contributed by atoms with E-state index in [1.165, 1.54) is 0 Å². The molecule has 1 aliphatic rings. The molecule has 4 heteroatoms. The SMILES string of the molecule is N#Cc1ccc(N2CCCCC2=N)cc1C#N. The predicted molar refractivity (Wildman–Crippen MR) is 64.8 cm³/mol. The molecule has 0 aromatic heterocycles. The first kappa shape index (κ1) is 11.2. The van der Waals surface area contributed by atoms with Crippen LogP contribution in [0.3, 0.4) is 0 Å². The maximum absolute atomic E-state index is 8.96. The molecule has 0 bridgehead atoms. The van der Waals surface area contributed by atoms with E-state index in [-0.39, 0.29) is 0 Å². The van der Waals surface area contributed by atoms with E-state index in [4.69, 9.17) is 15.9 Å². The summed E-state index contributed by atoms with van der Waals surface area (Å²) in [5.74, 6) is 0.588. The van der Waals surface area contributed by atoms with Crippen LogP contribution in [0, 0.1) is 28.1 Å². The summed E-state index contributed by atoms with van der Waals surface area (Å²) in [6.07, 6.45) is 2.89. The van der Waals surface area contributed by atoms with E-state index in [9.17, 15) is 0 Å². The van der Waals surface area contributed by atoms with Gasteiger partial charge in [-0.15, -0.1) is 0 Å². The number of nitrogens with one attached hydrogen (secondary N) is 1. The molecular formula is C13H12N4. The molecule has 1 heterocycles. The lowest BCUT2D eigenvalue weighted by Gasteiger charge is -2.29. The Labute approximate surface area is 100 Å². The van der Waals surface area contributed by atoms with Gasteiger partial charge in [0.1, 0.15) is 18.0 Å². The minimum Gasteiger partial charge on any atom is -0.330 e. The molecule has 0 aliphatic carbocycles. The summed E-state index contributed by atoms with van der Waals surface area (Å²) in [5, 5.41) is 25.7. The van der Waals surface area contributed by atoms with Gasteiger partial charge in [0.05, 0.1) is 11.1 Å². The maximum atomic E-state index is 8.96. The van der Waals surface area contributed by atoms with Gasteiger partial charge in [0, 0.05) is 18.7 Å². The second kappa shape index (κ2) is 4.67. The zero-order chi connectivity index (χ0) is 12.3. The number of nitriles is 2. The fourth-order valence-electron chi connectivity index (χ4n) is 2.01. The summed E-state index contributed by atoms with van der Waals surface area (Å²) < 4.78 is 0. The first-order valence-electron chi connectivity index (χ1n) is 5.55. The van der Waals surface area contributed by atoms with Crippen LogP contribution in [0.15, 0.2) is 18.2 Å². The Kier molecular flexibility index (Phi) is 3.07. The van der Waals surface area contributed by atoms with Crippen LogP contribution in [-0.2, 0) is 0 Å². The molecule has 1 fully saturated rings. The second-order valence-corrected chi connectivity index (χ2v) is 4.01. The molecule has 1 N–H and O–H groups in total. The molecule has 0 spiro atoms. The Balaban J connectivity index is 2.37. The van der Waals surface area contributed by atoms with E-state index < -0.39 is 0 Å². The molecule has 0 saturated carbocycles. The van der Waals surface area contributed by atoms with Crippen LogP contribution in [-0.4, -0.2) is 12.4 Å². The van der Waals surface area contributed by atoms with Crippen molar-refractivity contribution in [2.24, 2.45) is 0 Å². The molecule has 1 saturated heterocycles. The number of amidine groups is 1. The predicted octanol–water partition coefficient (Wildman–Crippen LogP) is 2.40. The van der Waals surface area contributed by atoms with Crippen molar-refractivity contribution in [3.8, 4) is 12.1 Å². The monoisotopic (exact) mass is 224 g/mol. The molecule has 0 atom stereocenters. The van der Waals surface area contributed by atoms with Crippen molar-refractivity contribution in [1.29, 1.82) is 15.9 Å². The first-order valence-corrected chi connectivity index (χ1v) is 5.55. The Morgan fingerprint density at radius 3 is 2.53 bits per heavy atom. The van der Waals surface area contributed by atoms with Crippen LogP contribution in [0.5, 0.6) is 0 Å². The fourth-order valence-corrected chi connectivity index (χ4v) is 2.01. The van der Waals surface area contributed by atoms with Gasteiger partial charge in [-0.1, -0.05) is 0 Å². The Bertz CT molecular complexity index is 533. The van der Waals surface area contributed by atoms with Crippen LogP contribution in [0.4, 0.5) is 5.69 Å². The van der Waals surface area contributed by atoms with Crippen molar-refractivity contribution in [2.45, 2.75) is 19.3 Å². The Morgan fingerprint density at radius 2 is 1.88 bits per heavy atom. The van der Waals surface area contributed by atoms with E-state index in [1.807, 2.05) is 17.0 Å². The Morgan fingerprint density at radius 1 is 1.12 bits per heavy atom. The van der Waals surface area contributed by atoms with Gasteiger partial charge < -0.3 is 4.90 Å². The number of nitrogens with zero attached hydrogens (tertiary/aromatic N) is 3. The van der Waals surface area contributed by atoms with Crippen LogP contribution in [0.2, 0.25) is 0 Å². The molecule has 2 rings (SSSR count). The van der Waals surface area contributed by atoms with Crippen molar-refractivity contribution in [1.82, 2.24) is 0 Å². The topological polar surface area (TPSA) is 74.7 Å². The maximum Gasteiger partial charge on any atom is 0.101 e. The highest BCUT2D eigenvalue weighted by atomic mass is 15.2. The summed E-state index contributed by atoms with van der Waals surface area (Å²) in [5.41, 5.74) is 1.61. The summed E-state index contributed by atoms with van der Waals surface area (Å²) in [6, 6.07) is 9.16. The lowest BCUT2D eigenvalue weighted by molar-refractivity contribution is 0.707. The van der Waals surface area contributed by atoms with E-state index >= 15 is 0 Å². The molecule has 1 aromatic carbocycles. The lowest BCUT2D eigenvalue weighted by Crippen LogP contribution is -2.34. The van der Waals surface area contributed by atoms with Crippen molar-refractivity contribution < 1.29 is 0 Å². The average Bonchev–Trinajstić information content (AvgIpc) is 2.38. The average molecular weight is 224 g/mol. The third-order valence-corrected chi connectivity index (χ3v) is 2.93. The molecule has 17 heavy (non-hydrogen) atoms. The van der Waals surface area contributed by atoms with Gasteiger partial charge in [0.15, 0.2) is 0 Å². The number of piperidine rings is 1. The fraction of sp³-hybridized carbons (Fsp3) is 0.308. The van der Waals surface area contributed by atoms with Gasteiger partial charge >= 0.3 is 0 Å². The van der Waals surface area contributed by atoms with E-state index in [2.05, 4.69) is 0 Å². The number of benzene rings is 1. The molecule has 0 radical (unpaired) electrons. The molecule has 0 unspecified atom stereocenters.